The van der Waals surface area contributed by atoms with Crippen LogP contribution in [0.4, 0.5) is 0 Å². The number of aliphatic hydroxyl groups is 1. The lowest BCUT2D eigenvalue weighted by molar-refractivity contribution is -0.135. The van der Waals surface area contributed by atoms with Crippen LogP contribution in [-0.2, 0) is 11.2 Å². The van der Waals surface area contributed by atoms with Crippen molar-refractivity contribution in [2.75, 3.05) is 0 Å². The fraction of sp³-hybridized carbons (Fsp3) is 0.238. The van der Waals surface area contributed by atoms with Crippen LogP contribution >= 0.6 is 0 Å². The molecule has 2 N–H and O–H groups in total. The number of nitrogens with zero attached hydrogens (tertiary/aromatic N) is 1. The van der Waals surface area contributed by atoms with Crippen LogP contribution in [0.25, 0.3) is 0 Å². The molecule has 0 amide bonds. The highest BCUT2D eigenvalue weighted by Crippen LogP contribution is 2.22. The second-order valence-electron chi connectivity index (χ2n) is 6.08. The van der Waals surface area contributed by atoms with Gasteiger partial charge in [0.2, 0.25) is 5.76 Å². The molecule has 0 spiro atoms. The number of benzene rings is 1. The van der Waals surface area contributed by atoms with E-state index >= 15 is 0 Å². The van der Waals surface area contributed by atoms with Gasteiger partial charge in [-0.3, -0.25) is 0 Å². The molecule has 0 unspecified atom stereocenters. The minimum Gasteiger partial charge on any atom is -0.502 e. The monoisotopic (exact) mass is 335 g/mol. The van der Waals surface area contributed by atoms with Crippen LogP contribution in [0.15, 0.2) is 71.0 Å². The number of allylic oxidation sites excluding steroid dienone is 7. The molecule has 0 saturated heterocycles. The predicted octanol–water partition coefficient (Wildman–Crippen LogP) is 4.61. The van der Waals surface area contributed by atoms with E-state index in [-0.39, 0.29) is 0 Å². The van der Waals surface area contributed by atoms with Crippen molar-refractivity contribution in [1.29, 1.82) is 5.26 Å². The Hall–Kier alpha value is -3.06. The van der Waals surface area contributed by atoms with Crippen molar-refractivity contribution in [2.45, 2.75) is 32.6 Å². The van der Waals surface area contributed by atoms with E-state index in [2.05, 4.69) is 12.1 Å². The van der Waals surface area contributed by atoms with E-state index in [0.717, 1.165) is 36.0 Å². The van der Waals surface area contributed by atoms with Crippen LogP contribution < -0.4 is 0 Å². The molecule has 2 rings (SSSR count). The first-order chi connectivity index (χ1) is 12.0. The van der Waals surface area contributed by atoms with E-state index in [1.165, 1.54) is 11.6 Å². The molecule has 1 aromatic carbocycles. The number of rotatable bonds is 5. The van der Waals surface area contributed by atoms with Crippen molar-refractivity contribution in [3.8, 4) is 6.07 Å². The fourth-order valence-corrected chi connectivity index (χ4v) is 2.72. The highest BCUT2D eigenvalue weighted by molar-refractivity contribution is 5.84. The number of carboxylic acids is 1. The lowest BCUT2D eigenvalue weighted by atomic mass is 9.95. The van der Waals surface area contributed by atoms with E-state index in [9.17, 15) is 15.2 Å². The zero-order chi connectivity index (χ0) is 18.2. The van der Waals surface area contributed by atoms with Gasteiger partial charge >= 0.3 is 5.97 Å². The number of carbonyl (C=O) groups is 1. The average molecular weight is 335 g/mol. The zero-order valence-corrected chi connectivity index (χ0v) is 14.2. The van der Waals surface area contributed by atoms with Crippen molar-refractivity contribution in [2.24, 2.45) is 0 Å². The molecule has 0 aliphatic heterocycles. The summed E-state index contributed by atoms with van der Waals surface area (Å²) in [5, 5.41) is 27.4. The van der Waals surface area contributed by atoms with E-state index in [0.29, 0.717) is 12.0 Å². The van der Waals surface area contributed by atoms with E-state index in [1.54, 1.807) is 0 Å². The molecule has 25 heavy (non-hydrogen) atoms. The van der Waals surface area contributed by atoms with Crippen LogP contribution in [0.2, 0.25) is 0 Å². The highest BCUT2D eigenvalue weighted by atomic mass is 16.4. The normalized spacial score (nSPS) is 21.4. The summed E-state index contributed by atoms with van der Waals surface area (Å²) < 4.78 is 0. The molecule has 1 aliphatic rings. The zero-order valence-electron chi connectivity index (χ0n) is 14.2. The standard InChI is InChI=1S/C21H21NO3/c1-15-6-7-17(13-20(23)21(24)25)9-8-16(12-15)10-11-18-4-2-3-5-19(18)14-22/h2-5,8-9,12-13,23H,6-7,10-11H2,1H3,(H,24,25)/b15-12+,16-8-,17-9+,20-13-. The summed E-state index contributed by atoms with van der Waals surface area (Å²) in [5.41, 5.74) is 4.81. The molecule has 1 aromatic rings. The fourth-order valence-electron chi connectivity index (χ4n) is 2.72. The first kappa shape index (κ1) is 18.3. The Morgan fingerprint density at radius 1 is 1.20 bits per heavy atom. The molecule has 1 aliphatic carbocycles. The van der Waals surface area contributed by atoms with E-state index < -0.39 is 11.7 Å². The highest BCUT2D eigenvalue weighted by Gasteiger charge is 2.08. The molecule has 0 radical (unpaired) electrons. The summed E-state index contributed by atoms with van der Waals surface area (Å²) in [6.07, 6.45) is 10.3. The Morgan fingerprint density at radius 2 is 1.96 bits per heavy atom. The van der Waals surface area contributed by atoms with Gasteiger partial charge in [-0.25, -0.2) is 4.79 Å². The van der Waals surface area contributed by atoms with Crippen LogP contribution in [0.3, 0.4) is 0 Å². The molecule has 4 heteroatoms. The second kappa shape index (κ2) is 8.70. The van der Waals surface area contributed by atoms with Crippen LogP contribution in [0.5, 0.6) is 0 Å². The SMILES string of the molecule is C\C1=C/C(CCc2ccccc2C#N)=C\C=C(\C=C(/O)C(=O)O)CC1. The maximum Gasteiger partial charge on any atom is 0.370 e. The number of aryl methyl sites for hydroxylation is 1. The third-order valence-corrected chi connectivity index (χ3v) is 4.11. The Balaban J connectivity index is 2.19. The molecule has 0 aromatic heterocycles. The predicted molar refractivity (Wildman–Crippen MR) is 97.0 cm³/mol. The van der Waals surface area contributed by atoms with Gasteiger partial charge in [0.1, 0.15) is 0 Å². The Kier molecular flexibility index (Phi) is 6.36. The molecule has 0 heterocycles. The Labute approximate surface area is 147 Å². The van der Waals surface area contributed by atoms with Gasteiger partial charge in [0.25, 0.3) is 0 Å². The molecule has 0 atom stereocenters. The molecule has 4 nitrogen and oxygen atoms in total. The molecule has 0 saturated carbocycles. The quantitative estimate of drug-likeness (QED) is 0.608. The van der Waals surface area contributed by atoms with Gasteiger partial charge < -0.3 is 10.2 Å². The summed E-state index contributed by atoms with van der Waals surface area (Å²) >= 11 is 0. The number of aliphatic hydroxyl groups excluding tert-OH is 1. The van der Waals surface area contributed by atoms with Crippen molar-refractivity contribution < 1.29 is 15.0 Å². The largest absolute Gasteiger partial charge is 0.502 e. The number of nitriles is 1. The molecular weight excluding hydrogens is 314 g/mol. The number of hydrogen-bond acceptors (Lipinski definition) is 3. The van der Waals surface area contributed by atoms with Crippen molar-refractivity contribution in [1.82, 2.24) is 0 Å². The molecule has 0 fully saturated rings. The lowest BCUT2D eigenvalue weighted by Crippen LogP contribution is -2.00. The van der Waals surface area contributed by atoms with Gasteiger partial charge in [0, 0.05) is 0 Å². The average Bonchev–Trinajstić information content (AvgIpc) is 2.59. The third-order valence-electron chi connectivity index (χ3n) is 4.11. The number of carboxylic acid groups (broad SMARTS) is 1. The minimum absolute atomic E-state index is 0.647. The molecular formula is C21H21NO3. The van der Waals surface area contributed by atoms with Crippen molar-refractivity contribution >= 4 is 5.97 Å². The molecule has 128 valence electrons. The van der Waals surface area contributed by atoms with Crippen molar-refractivity contribution in [3.63, 3.8) is 0 Å². The van der Waals surface area contributed by atoms with Gasteiger partial charge in [-0.1, -0.05) is 42.0 Å². The number of hydrogen-bond donors (Lipinski definition) is 2. The second-order valence-corrected chi connectivity index (χ2v) is 6.08. The topological polar surface area (TPSA) is 81.3 Å². The maximum atomic E-state index is 10.8. The van der Waals surface area contributed by atoms with Gasteiger partial charge in [0.05, 0.1) is 11.6 Å². The van der Waals surface area contributed by atoms with Gasteiger partial charge in [-0.05, 0) is 61.5 Å². The third kappa shape index (κ3) is 5.50. The Bertz CT molecular complexity index is 820. The summed E-state index contributed by atoms with van der Waals surface area (Å²) in [6.45, 7) is 2.04. The summed E-state index contributed by atoms with van der Waals surface area (Å²) in [5.74, 6) is -1.97. The van der Waals surface area contributed by atoms with Crippen LogP contribution in [-0.4, -0.2) is 16.2 Å². The van der Waals surface area contributed by atoms with Crippen LogP contribution in [0.1, 0.15) is 37.3 Å². The van der Waals surface area contributed by atoms with Gasteiger partial charge in [-0.15, -0.1) is 0 Å². The van der Waals surface area contributed by atoms with Gasteiger partial charge in [0.15, 0.2) is 0 Å². The summed E-state index contributed by atoms with van der Waals surface area (Å²) in [7, 11) is 0. The van der Waals surface area contributed by atoms with Crippen LogP contribution in [0, 0.1) is 11.3 Å². The van der Waals surface area contributed by atoms with Gasteiger partial charge in [-0.2, -0.15) is 5.26 Å². The smallest absolute Gasteiger partial charge is 0.370 e. The number of aliphatic carboxylic acids is 1. The Morgan fingerprint density at radius 3 is 2.68 bits per heavy atom. The summed E-state index contributed by atoms with van der Waals surface area (Å²) in [4.78, 5) is 10.8. The first-order valence-corrected chi connectivity index (χ1v) is 8.18. The van der Waals surface area contributed by atoms with E-state index in [1.807, 2.05) is 43.3 Å². The maximum absolute atomic E-state index is 10.8. The molecule has 0 bridgehead atoms. The summed E-state index contributed by atoms with van der Waals surface area (Å²) in [6, 6.07) is 9.79. The van der Waals surface area contributed by atoms with E-state index in [4.69, 9.17) is 5.11 Å². The lowest BCUT2D eigenvalue weighted by Gasteiger charge is -2.11. The van der Waals surface area contributed by atoms with Crippen molar-refractivity contribution in [3.05, 3.63) is 82.2 Å². The first-order valence-electron chi connectivity index (χ1n) is 8.18. The minimum atomic E-state index is -1.33.